The minimum atomic E-state index is -0.817. The van der Waals surface area contributed by atoms with Crippen LogP contribution in [0.5, 0.6) is 0 Å². The van der Waals surface area contributed by atoms with E-state index >= 15 is 0 Å². The summed E-state index contributed by atoms with van der Waals surface area (Å²) in [6, 6.07) is 0. The molecule has 3 nitrogen and oxygen atoms in total. The lowest BCUT2D eigenvalue weighted by Crippen LogP contribution is -2.58. The molecule has 0 bridgehead atoms. The van der Waals surface area contributed by atoms with Gasteiger partial charge in [0.25, 0.3) is 0 Å². The third-order valence-corrected chi connectivity index (χ3v) is 4.79. The number of rotatable bonds is 2. The average Bonchev–Trinajstić information content (AvgIpc) is 2.28. The third kappa shape index (κ3) is 2.38. The molecule has 1 heterocycles. The lowest BCUT2D eigenvalue weighted by Gasteiger charge is -2.53. The molecule has 3 heteroatoms. The van der Waals surface area contributed by atoms with Crippen LogP contribution in [0.2, 0.25) is 0 Å². The summed E-state index contributed by atoms with van der Waals surface area (Å²) in [5.41, 5.74) is -1.16. The van der Waals surface area contributed by atoms with Crippen molar-refractivity contribution >= 4 is 0 Å². The van der Waals surface area contributed by atoms with E-state index in [1.807, 2.05) is 0 Å². The monoisotopic (exact) mass is 242 g/mol. The molecule has 100 valence electrons. The molecule has 1 aliphatic heterocycles. The summed E-state index contributed by atoms with van der Waals surface area (Å²) in [7, 11) is 0. The van der Waals surface area contributed by atoms with Gasteiger partial charge in [0, 0.05) is 12.0 Å². The number of ether oxygens (including phenoxy) is 1. The molecule has 0 aromatic carbocycles. The van der Waals surface area contributed by atoms with Gasteiger partial charge in [0.2, 0.25) is 0 Å². The highest BCUT2D eigenvalue weighted by Gasteiger charge is 2.53. The zero-order chi connectivity index (χ0) is 12.5. The Bertz CT molecular complexity index is 248. The molecule has 2 aliphatic rings. The fourth-order valence-corrected chi connectivity index (χ4v) is 4.13. The smallest absolute Gasteiger partial charge is 0.0958 e. The number of hydrogen-bond acceptors (Lipinski definition) is 3. The van der Waals surface area contributed by atoms with E-state index in [2.05, 4.69) is 13.8 Å². The molecule has 2 fully saturated rings. The number of aliphatic hydroxyl groups is 2. The van der Waals surface area contributed by atoms with Crippen LogP contribution in [0.3, 0.4) is 0 Å². The van der Waals surface area contributed by atoms with Crippen molar-refractivity contribution in [3.8, 4) is 0 Å². The second-order valence-corrected chi connectivity index (χ2v) is 6.48. The van der Waals surface area contributed by atoms with Crippen molar-refractivity contribution in [2.45, 2.75) is 51.6 Å². The maximum Gasteiger partial charge on any atom is 0.0958 e. The molecule has 3 unspecified atom stereocenters. The summed E-state index contributed by atoms with van der Waals surface area (Å²) < 4.78 is 5.47. The van der Waals surface area contributed by atoms with Crippen molar-refractivity contribution in [2.75, 3.05) is 19.8 Å². The van der Waals surface area contributed by atoms with E-state index < -0.39 is 5.60 Å². The van der Waals surface area contributed by atoms with Crippen molar-refractivity contribution in [3.05, 3.63) is 0 Å². The molecule has 2 N–H and O–H groups in total. The van der Waals surface area contributed by atoms with Crippen molar-refractivity contribution < 1.29 is 14.9 Å². The first-order valence-corrected chi connectivity index (χ1v) is 6.92. The van der Waals surface area contributed by atoms with Crippen LogP contribution >= 0.6 is 0 Å². The fraction of sp³-hybridized carbons (Fsp3) is 1.00. The minimum Gasteiger partial charge on any atom is -0.396 e. The standard InChI is InChI=1S/C14H26O3/c1-11-6-12(2)8-13(7-11,9-15)14(16)4-3-5-17-10-14/h11-12,15-16H,3-10H2,1-2H3. The number of hydrogen-bond donors (Lipinski definition) is 2. The van der Waals surface area contributed by atoms with Crippen molar-refractivity contribution in [1.82, 2.24) is 0 Å². The quantitative estimate of drug-likeness (QED) is 0.778. The Morgan fingerprint density at radius 1 is 1.24 bits per heavy atom. The summed E-state index contributed by atoms with van der Waals surface area (Å²) >= 11 is 0. The van der Waals surface area contributed by atoms with Gasteiger partial charge in [-0.3, -0.25) is 0 Å². The normalized spacial score (nSPS) is 48.0. The van der Waals surface area contributed by atoms with Crippen LogP contribution in [0.4, 0.5) is 0 Å². The topological polar surface area (TPSA) is 49.7 Å². The zero-order valence-electron chi connectivity index (χ0n) is 11.1. The van der Waals surface area contributed by atoms with E-state index in [0.717, 1.165) is 32.3 Å². The summed E-state index contributed by atoms with van der Waals surface area (Å²) in [6.45, 7) is 5.68. The Balaban J connectivity index is 2.22. The van der Waals surface area contributed by atoms with Crippen LogP contribution in [-0.2, 0) is 4.74 Å². The van der Waals surface area contributed by atoms with Gasteiger partial charge in [-0.1, -0.05) is 13.8 Å². The van der Waals surface area contributed by atoms with Gasteiger partial charge in [0.1, 0.15) is 0 Å². The molecular formula is C14H26O3. The zero-order valence-corrected chi connectivity index (χ0v) is 11.1. The highest BCUT2D eigenvalue weighted by Crippen LogP contribution is 2.51. The SMILES string of the molecule is CC1CC(C)CC(CO)(C2(O)CCCOC2)C1. The molecule has 0 spiro atoms. The molecule has 0 aromatic rings. The largest absolute Gasteiger partial charge is 0.396 e. The van der Waals surface area contributed by atoms with E-state index in [9.17, 15) is 10.2 Å². The molecule has 0 radical (unpaired) electrons. The molecule has 2 rings (SSSR count). The fourth-order valence-electron chi connectivity index (χ4n) is 4.13. The Hall–Kier alpha value is -0.120. The minimum absolute atomic E-state index is 0.0849. The Kier molecular flexibility index (Phi) is 3.81. The van der Waals surface area contributed by atoms with E-state index in [0.29, 0.717) is 18.4 Å². The first-order valence-electron chi connectivity index (χ1n) is 6.92. The predicted octanol–water partition coefficient (Wildman–Crippen LogP) is 1.96. The van der Waals surface area contributed by atoms with Gasteiger partial charge in [0.05, 0.1) is 18.8 Å². The maximum atomic E-state index is 10.9. The molecular weight excluding hydrogens is 216 g/mol. The van der Waals surface area contributed by atoms with Gasteiger partial charge in [-0.05, 0) is 43.9 Å². The van der Waals surface area contributed by atoms with Crippen LogP contribution in [0.15, 0.2) is 0 Å². The second-order valence-electron chi connectivity index (χ2n) is 6.48. The van der Waals surface area contributed by atoms with Gasteiger partial charge in [-0.25, -0.2) is 0 Å². The lowest BCUT2D eigenvalue weighted by molar-refractivity contribution is -0.196. The summed E-state index contributed by atoms with van der Waals surface area (Å²) in [5, 5.41) is 20.8. The summed E-state index contributed by atoms with van der Waals surface area (Å²) in [6.07, 6.45) is 4.73. The Morgan fingerprint density at radius 2 is 1.88 bits per heavy atom. The van der Waals surface area contributed by atoms with Crippen molar-refractivity contribution in [1.29, 1.82) is 0 Å². The van der Waals surface area contributed by atoms with Gasteiger partial charge >= 0.3 is 0 Å². The Labute approximate surface area is 104 Å². The summed E-state index contributed by atoms with van der Waals surface area (Å²) in [4.78, 5) is 0. The molecule has 0 amide bonds. The highest BCUT2D eigenvalue weighted by atomic mass is 16.5. The highest BCUT2D eigenvalue weighted by molar-refractivity contribution is 5.03. The second kappa shape index (κ2) is 4.87. The molecule has 1 saturated carbocycles. The van der Waals surface area contributed by atoms with E-state index in [1.165, 1.54) is 6.42 Å². The van der Waals surface area contributed by atoms with Gasteiger partial charge in [-0.15, -0.1) is 0 Å². The first-order chi connectivity index (χ1) is 8.01. The van der Waals surface area contributed by atoms with Crippen LogP contribution in [0.25, 0.3) is 0 Å². The maximum absolute atomic E-state index is 10.9. The van der Waals surface area contributed by atoms with Crippen molar-refractivity contribution in [2.24, 2.45) is 17.3 Å². The van der Waals surface area contributed by atoms with E-state index in [-0.39, 0.29) is 12.0 Å². The molecule has 1 aliphatic carbocycles. The number of aliphatic hydroxyl groups excluding tert-OH is 1. The lowest BCUT2D eigenvalue weighted by atomic mass is 9.57. The van der Waals surface area contributed by atoms with E-state index in [4.69, 9.17) is 4.74 Å². The molecule has 0 aromatic heterocycles. The van der Waals surface area contributed by atoms with Gasteiger partial charge < -0.3 is 14.9 Å². The van der Waals surface area contributed by atoms with Crippen LogP contribution in [-0.4, -0.2) is 35.6 Å². The van der Waals surface area contributed by atoms with E-state index in [1.54, 1.807) is 0 Å². The van der Waals surface area contributed by atoms with Crippen LogP contribution in [0.1, 0.15) is 46.0 Å². The summed E-state index contributed by atoms with van der Waals surface area (Å²) in [5.74, 6) is 1.16. The van der Waals surface area contributed by atoms with Gasteiger partial charge in [0.15, 0.2) is 0 Å². The Morgan fingerprint density at radius 3 is 2.35 bits per heavy atom. The molecule has 1 saturated heterocycles. The molecule has 17 heavy (non-hydrogen) atoms. The first kappa shape index (κ1) is 13.3. The predicted molar refractivity (Wildman–Crippen MR) is 66.7 cm³/mol. The average molecular weight is 242 g/mol. The van der Waals surface area contributed by atoms with Crippen LogP contribution < -0.4 is 0 Å². The van der Waals surface area contributed by atoms with Crippen molar-refractivity contribution in [3.63, 3.8) is 0 Å². The van der Waals surface area contributed by atoms with Gasteiger partial charge in [-0.2, -0.15) is 0 Å². The molecule has 3 atom stereocenters. The van der Waals surface area contributed by atoms with Crippen LogP contribution in [0, 0.1) is 17.3 Å². The third-order valence-electron chi connectivity index (χ3n) is 4.79.